The number of nitrogens with two attached hydrogens (primary N) is 1. The number of carbonyl (C=O) groups is 3. The molecule has 0 fully saturated rings. The Morgan fingerprint density at radius 1 is 1.35 bits per heavy atom. The second-order valence-corrected chi connectivity index (χ2v) is 4.47. The molecule has 0 saturated heterocycles. The van der Waals surface area contributed by atoms with Crippen LogP contribution >= 0.6 is 11.6 Å². The molecule has 0 aliphatic carbocycles. The summed E-state index contributed by atoms with van der Waals surface area (Å²) in [6.45, 7) is 0. The SMILES string of the molecule is NC(=O)CC[C@H](NC(=O)c1cc(Cl)ccc1O)C(=O)O. The molecule has 0 bridgehead atoms. The minimum absolute atomic E-state index is 0.141. The Morgan fingerprint density at radius 3 is 2.55 bits per heavy atom. The van der Waals surface area contributed by atoms with Gasteiger partial charge in [-0.15, -0.1) is 0 Å². The summed E-state index contributed by atoms with van der Waals surface area (Å²) < 4.78 is 0. The number of carboxylic acid groups (broad SMARTS) is 1. The highest BCUT2D eigenvalue weighted by Gasteiger charge is 2.22. The van der Waals surface area contributed by atoms with Crippen LogP contribution in [-0.4, -0.2) is 34.0 Å². The van der Waals surface area contributed by atoms with Crippen LogP contribution in [0.4, 0.5) is 0 Å². The third kappa shape index (κ3) is 4.43. The van der Waals surface area contributed by atoms with Gasteiger partial charge in [-0.1, -0.05) is 11.6 Å². The van der Waals surface area contributed by atoms with Crippen LogP contribution in [-0.2, 0) is 9.59 Å². The second kappa shape index (κ2) is 6.76. The molecule has 0 heterocycles. The van der Waals surface area contributed by atoms with E-state index in [1.165, 1.54) is 18.2 Å². The molecule has 0 aliphatic rings. The molecule has 1 rings (SSSR count). The number of amides is 2. The van der Waals surface area contributed by atoms with Gasteiger partial charge >= 0.3 is 5.97 Å². The predicted octanol–water partition coefficient (Wildman–Crippen LogP) is 0.494. The topological polar surface area (TPSA) is 130 Å². The highest BCUT2D eigenvalue weighted by atomic mass is 35.5. The molecule has 8 heteroatoms. The molecule has 7 nitrogen and oxygen atoms in total. The molecule has 0 aliphatic heterocycles. The van der Waals surface area contributed by atoms with E-state index in [-0.39, 0.29) is 29.2 Å². The minimum atomic E-state index is -1.30. The van der Waals surface area contributed by atoms with Crippen LogP contribution in [0.5, 0.6) is 5.75 Å². The van der Waals surface area contributed by atoms with E-state index in [0.29, 0.717) is 0 Å². The fraction of sp³-hybridized carbons (Fsp3) is 0.250. The third-order valence-corrected chi connectivity index (χ3v) is 2.72. The number of aromatic hydroxyl groups is 1. The summed E-state index contributed by atoms with van der Waals surface area (Å²) in [4.78, 5) is 33.5. The number of phenolic OH excluding ortho intramolecular Hbond substituents is 1. The normalized spacial score (nSPS) is 11.7. The number of hydrogen-bond donors (Lipinski definition) is 4. The van der Waals surface area contributed by atoms with Gasteiger partial charge < -0.3 is 21.3 Å². The fourth-order valence-electron chi connectivity index (χ4n) is 1.47. The van der Waals surface area contributed by atoms with Crippen LogP contribution in [0.25, 0.3) is 0 Å². The van der Waals surface area contributed by atoms with Crippen LogP contribution in [0.15, 0.2) is 18.2 Å². The summed E-state index contributed by atoms with van der Waals surface area (Å²) in [5, 5.41) is 20.9. The van der Waals surface area contributed by atoms with E-state index in [1.807, 2.05) is 0 Å². The third-order valence-electron chi connectivity index (χ3n) is 2.49. The Bertz CT molecular complexity index is 547. The van der Waals surface area contributed by atoms with Crippen LogP contribution < -0.4 is 11.1 Å². The summed E-state index contributed by atoms with van der Waals surface area (Å²) in [5.74, 6) is -3.11. The largest absolute Gasteiger partial charge is 0.507 e. The summed E-state index contributed by atoms with van der Waals surface area (Å²) in [6.07, 6.45) is -0.323. The minimum Gasteiger partial charge on any atom is -0.507 e. The van der Waals surface area contributed by atoms with Crippen molar-refractivity contribution in [3.63, 3.8) is 0 Å². The Kier molecular flexibility index (Phi) is 5.33. The van der Waals surface area contributed by atoms with Gasteiger partial charge in [-0.05, 0) is 24.6 Å². The number of primary amides is 1. The first-order valence-corrected chi connectivity index (χ1v) is 5.99. The van der Waals surface area contributed by atoms with Crippen molar-refractivity contribution >= 4 is 29.4 Å². The Hall–Kier alpha value is -2.28. The van der Waals surface area contributed by atoms with Crippen LogP contribution in [0.3, 0.4) is 0 Å². The standard InChI is InChI=1S/C12H13ClN2O5/c13-6-1-3-9(16)7(5-6)11(18)15-8(12(19)20)2-4-10(14)17/h1,3,5,8,16H,2,4H2,(H2,14,17)(H,15,18)(H,19,20)/t8-/m0/s1. The zero-order valence-corrected chi connectivity index (χ0v) is 11.1. The van der Waals surface area contributed by atoms with Crippen molar-refractivity contribution in [2.75, 3.05) is 0 Å². The lowest BCUT2D eigenvalue weighted by atomic mass is 10.1. The number of carboxylic acids is 1. The Balaban J connectivity index is 2.82. The van der Waals surface area contributed by atoms with Crippen LogP contribution in [0.1, 0.15) is 23.2 Å². The van der Waals surface area contributed by atoms with Gasteiger partial charge in [0.15, 0.2) is 0 Å². The average molecular weight is 301 g/mol. The lowest BCUT2D eigenvalue weighted by Gasteiger charge is -2.14. The number of rotatable bonds is 6. The van der Waals surface area contributed by atoms with E-state index >= 15 is 0 Å². The first-order chi connectivity index (χ1) is 9.31. The highest BCUT2D eigenvalue weighted by Crippen LogP contribution is 2.21. The van der Waals surface area contributed by atoms with Crippen molar-refractivity contribution in [3.05, 3.63) is 28.8 Å². The molecule has 108 valence electrons. The van der Waals surface area contributed by atoms with E-state index in [0.717, 1.165) is 0 Å². The van der Waals surface area contributed by atoms with E-state index in [9.17, 15) is 19.5 Å². The fourth-order valence-corrected chi connectivity index (χ4v) is 1.64. The van der Waals surface area contributed by atoms with Gasteiger partial charge in [0.2, 0.25) is 5.91 Å². The van der Waals surface area contributed by atoms with Gasteiger partial charge in [0.25, 0.3) is 5.91 Å². The molecule has 0 unspecified atom stereocenters. The molecule has 5 N–H and O–H groups in total. The van der Waals surface area contributed by atoms with Gasteiger partial charge in [-0.3, -0.25) is 9.59 Å². The number of carbonyl (C=O) groups excluding carboxylic acids is 2. The number of benzene rings is 1. The van der Waals surface area contributed by atoms with E-state index in [2.05, 4.69) is 5.32 Å². The van der Waals surface area contributed by atoms with Gasteiger partial charge in [0.05, 0.1) is 5.56 Å². The lowest BCUT2D eigenvalue weighted by Crippen LogP contribution is -2.41. The van der Waals surface area contributed by atoms with Gasteiger partial charge in [0.1, 0.15) is 11.8 Å². The maximum Gasteiger partial charge on any atom is 0.326 e. The lowest BCUT2D eigenvalue weighted by molar-refractivity contribution is -0.139. The summed E-state index contributed by atoms with van der Waals surface area (Å²) in [6, 6.07) is 2.53. The van der Waals surface area contributed by atoms with Crippen molar-refractivity contribution in [2.24, 2.45) is 5.73 Å². The summed E-state index contributed by atoms with van der Waals surface area (Å²) >= 11 is 5.69. The molecule has 20 heavy (non-hydrogen) atoms. The zero-order valence-electron chi connectivity index (χ0n) is 10.3. The smallest absolute Gasteiger partial charge is 0.326 e. The zero-order chi connectivity index (χ0) is 15.3. The maximum atomic E-state index is 11.9. The molecular weight excluding hydrogens is 288 g/mol. The monoisotopic (exact) mass is 300 g/mol. The first-order valence-electron chi connectivity index (χ1n) is 5.61. The van der Waals surface area contributed by atoms with Crippen molar-refractivity contribution < 1.29 is 24.6 Å². The van der Waals surface area contributed by atoms with Crippen molar-refractivity contribution in [2.45, 2.75) is 18.9 Å². The van der Waals surface area contributed by atoms with E-state index < -0.39 is 23.8 Å². The number of hydrogen-bond acceptors (Lipinski definition) is 4. The molecular formula is C12H13ClN2O5. The Morgan fingerprint density at radius 2 is 2.00 bits per heavy atom. The first kappa shape index (κ1) is 15.8. The van der Waals surface area contributed by atoms with Crippen LogP contribution in [0.2, 0.25) is 5.02 Å². The van der Waals surface area contributed by atoms with Gasteiger partial charge in [-0.25, -0.2) is 4.79 Å². The van der Waals surface area contributed by atoms with Crippen molar-refractivity contribution in [1.82, 2.24) is 5.32 Å². The second-order valence-electron chi connectivity index (χ2n) is 4.03. The quantitative estimate of drug-likeness (QED) is 0.607. The number of nitrogens with one attached hydrogen (secondary N) is 1. The van der Waals surface area contributed by atoms with Gasteiger partial charge in [0, 0.05) is 11.4 Å². The number of halogens is 1. The maximum absolute atomic E-state index is 11.9. The van der Waals surface area contributed by atoms with Gasteiger partial charge in [-0.2, -0.15) is 0 Å². The van der Waals surface area contributed by atoms with E-state index in [1.54, 1.807) is 0 Å². The van der Waals surface area contributed by atoms with E-state index in [4.69, 9.17) is 22.4 Å². The molecule has 1 aromatic rings. The predicted molar refractivity (Wildman–Crippen MR) is 70.4 cm³/mol. The highest BCUT2D eigenvalue weighted by molar-refractivity contribution is 6.31. The van der Waals surface area contributed by atoms with Crippen molar-refractivity contribution in [1.29, 1.82) is 0 Å². The number of phenols is 1. The Labute approximate surface area is 119 Å². The molecule has 1 aromatic carbocycles. The molecule has 2 amide bonds. The molecule has 1 atom stereocenters. The summed E-state index contributed by atoms with van der Waals surface area (Å²) in [7, 11) is 0. The molecule has 0 saturated carbocycles. The molecule has 0 aromatic heterocycles. The summed E-state index contributed by atoms with van der Waals surface area (Å²) in [5.41, 5.74) is 4.77. The average Bonchev–Trinajstić information content (AvgIpc) is 2.36. The van der Waals surface area contributed by atoms with Crippen LogP contribution in [0, 0.1) is 0 Å². The van der Waals surface area contributed by atoms with Crippen molar-refractivity contribution in [3.8, 4) is 5.75 Å². The number of aliphatic carboxylic acids is 1. The molecule has 0 spiro atoms. The molecule has 0 radical (unpaired) electrons.